The van der Waals surface area contributed by atoms with Gasteiger partial charge in [0.15, 0.2) is 6.61 Å². The Bertz CT molecular complexity index is 757. The summed E-state index contributed by atoms with van der Waals surface area (Å²) in [5, 5.41) is 12.2. The van der Waals surface area contributed by atoms with Crippen molar-refractivity contribution in [1.82, 2.24) is 5.32 Å². The molecule has 1 aliphatic carbocycles. The van der Waals surface area contributed by atoms with E-state index in [4.69, 9.17) is 14.2 Å². The summed E-state index contributed by atoms with van der Waals surface area (Å²) in [6, 6.07) is 6.36. The Hall–Kier alpha value is -3.08. The van der Waals surface area contributed by atoms with Crippen LogP contribution in [0.5, 0.6) is 5.75 Å². The first-order chi connectivity index (χ1) is 13.9. The second-order valence-electron chi connectivity index (χ2n) is 6.78. The molecule has 0 heterocycles. The highest BCUT2D eigenvalue weighted by Crippen LogP contribution is 2.27. The first-order valence-electron chi connectivity index (χ1n) is 9.77. The van der Waals surface area contributed by atoms with Crippen LogP contribution in [0.25, 0.3) is 0 Å². The Labute approximate surface area is 170 Å². The lowest BCUT2D eigenvalue weighted by molar-refractivity contribution is -0.124. The molecule has 2 rings (SSSR count). The molecule has 0 aliphatic heterocycles. The highest BCUT2D eigenvalue weighted by atomic mass is 16.5. The van der Waals surface area contributed by atoms with Crippen molar-refractivity contribution < 1.29 is 28.6 Å². The second kappa shape index (κ2) is 10.5. The minimum absolute atomic E-state index is 0.119. The third-order valence-corrected chi connectivity index (χ3v) is 4.60. The summed E-state index contributed by atoms with van der Waals surface area (Å²) in [7, 11) is 0. The summed E-state index contributed by atoms with van der Waals surface area (Å²) in [5.41, 5.74) is -0.621. The summed E-state index contributed by atoms with van der Waals surface area (Å²) in [6.45, 7) is 3.35. The number of nitriles is 1. The molecular formula is C21H26N2O6. The minimum Gasteiger partial charge on any atom is -0.484 e. The maximum absolute atomic E-state index is 12.3. The number of nitrogens with zero attached hydrogens (tertiary/aromatic N) is 1. The lowest BCUT2D eigenvalue weighted by Gasteiger charge is -2.31. The topological polar surface area (TPSA) is 115 Å². The van der Waals surface area contributed by atoms with Crippen molar-refractivity contribution in [1.29, 1.82) is 5.26 Å². The molecule has 8 heteroatoms. The number of nitrogens with one attached hydrogen (secondary N) is 1. The van der Waals surface area contributed by atoms with Gasteiger partial charge in [-0.25, -0.2) is 9.59 Å². The molecule has 0 spiro atoms. The fourth-order valence-electron chi connectivity index (χ4n) is 3.22. The van der Waals surface area contributed by atoms with E-state index in [1.54, 1.807) is 13.8 Å². The Balaban J connectivity index is 2.11. The monoisotopic (exact) mass is 402 g/mol. The van der Waals surface area contributed by atoms with Crippen LogP contribution >= 0.6 is 0 Å². The molecule has 1 amide bonds. The predicted octanol–water partition coefficient (Wildman–Crippen LogP) is 2.76. The van der Waals surface area contributed by atoms with Gasteiger partial charge in [-0.2, -0.15) is 5.26 Å². The van der Waals surface area contributed by atoms with E-state index in [-0.39, 0.29) is 36.7 Å². The third-order valence-electron chi connectivity index (χ3n) is 4.60. The molecule has 1 aromatic rings. The lowest BCUT2D eigenvalue weighted by atomic mass is 9.83. The summed E-state index contributed by atoms with van der Waals surface area (Å²) >= 11 is 0. The number of carbonyl (C=O) groups excluding carboxylic acids is 3. The number of esters is 2. The Morgan fingerprint density at radius 2 is 1.55 bits per heavy atom. The van der Waals surface area contributed by atoms with Crippen molar-refractivity contribution in [2.24, 2.45) is 0 Å². The van der Waals surface area contributed by atoms with Crippen molar-refractivity contribution >= 4 is 17.8 Å². The van der Waals surface area contributed by atoms with E-state index in [1.165, 1.54) is 18.2 Å². The van der Waals surface area contributed by atoms with Gasteiger partial charge in [-0.15, -0.1) is 0 Å². The van der Waals surface area contributed by atoms with Gasteiger partial charge >= 0.3 is 11.9 Å². The molecule has 0 bridgehead atoms. The number of carbonyl (C=O) groups is 3. The maximum atomic E-state index is 12.3. The van der Waals surface area contributed by atoms with E-state index in [0.717, 1.165) is 19.3 Å². The predicted molar refractivity (Wildman–Crippen MR) is 103 cm³/mol. The zero-order valence-electron chi connectivity index (χ0n) is 16.8. The first-order valence-corrected chi connectivity index (χ1v) is 9.77. The fraction of sp³-hybridized carbons (Fsp3) is 0.524. The van der Waals surface area contributed by atoms with Crippen LogP contribution in [0.4, 0.5) is 0 Å². The first kappa shape index (κ1) is 22.2. The summed E-state index contributed by atoms with van der Waals surface area (Å²) in [5.74, 6) is -1.51. The summed E-state index contributed by atoms with van der Waals surface area (Å²) < 4.78 is 15.4. The molecule has 0 aromatic heterocycles. The van der Waals surface area contributed by atoms with Gasteiger partial charge < -0.3 is 19.5 Å². The number of hydrogen-bond acceptors (Lipinski definition) is 7. The van der Waals surface area contributed by atoms with Gasteiger partial charge in [0.05, 0.1) is 30.4 Å². The number of amides is 1. The molecule has 1 N–H and O–H groups in total. The van der Waals surface area contributed by atoms with Crippen LogP contribution in [0.1, 0.15) is 66.7 Å². The third kappa shape index (κ3) is 6.21. The highest BCUT2D eigenvalue weighted by molar-refractivity contribution is 5.96. The van der Waals surface area contributed by atoms with Gasteiger partial charge in [-0.1, -0.05) is 19.3 Å². The highest BCUT2D eigenvalue weighted by Gasteiger charge is 2.33. The quantitative estimate of drug-likeness (QED) is 0.665. The SMILES string of the molecule is CCOC(=O)c1cc(OCC(=O)NC2(C#N)CCCCC2)cc(C(=O)OCC)c1. The molecule has 1 fully saturated rings. The number of hydrogen-bond donors (Lipinski definition) is 1. The van der Waals surface area contributed by atoms with E-state index in [1.807, 2.05) is 0 Å². The van der Waals surface area contributed by atoms with E-state index >= 15 is 0 Å². The van der Waals surface area contributed by atoms with Crippen molar-refractivity contribution in [2.45, 2.75) is 51.5 Å². The van der Waals surface area contributed by atoms with E-state index in [9.17, 15) is 19.6 Å². The normalized spacial score (nSPS) is 14.9. The zero-order valence-corrected chi connectivity index (χ0v) is 16.8. The van der Waals surface area contributed by atoms with Crippen molar-refractivity contribution in [2.75, 3.05) is 19.8 Å². The van der Waals surface area contributed by atoms with Crippen molar-refractivity contribution in [3.63, 3.8) is 0 Å². The second-order valence-corrected chi connectivity index (χ2v) is 6.78. The molecular weight excluding hydrogens is 376 g/mol. The van der Waals surface area contributed by atoms with Crippen LogP contribution < -0.4 is 10.1 Å². The van der Waals surface area contributed by atoms with Crippen molar-refractivity contribution in [3.05, 3.63) is 29.3 Å². The molecule has 1 saturated carbocycles. The standard InChI is InChI=1S/C21H26N2O6/c1-3-27-19(25)15-10-16(20(26)28-4-2)12-17(11-15)29-13-18(24)23-21(14-22)8-6-5-7-9-21/h10-12H,3-9,13H2,1-2H3,(H,23,24). The zero-order chi connectivity index (χ0) is 21.3. The molecule has 29 heavy (non-hydrogen) atoms. The van der Waals surface area contributed by atoms with Gasteiger partial charge in [0, 0.05) is 0 Å². The van der Waals surface area contributed by atoms with Crippen LogP contribution in [0.3, 0.4) is 0 Å². The molecule has 0 radical (unpaired) electrons. The molecule has 8 nitrogen and oxygen atoms in total. The van der Waals surface area contributed by atoms with Gasteiger partial charge in [-0.05, 0) is 44.9 Å². The summed E-state index contributed by atoms with van der Waals surface area (Å²) in [4.78, 5) is 36.5. The molecule has 1 aliphatic rings. The molecule has 0 saturated heterocycles. The minimum atomic E-state index is -0.860. The van der Waals surface area contributed by atoms with E-state index in [0.29, 0.717) is 12.8 Å². The smallest absolute Gasteiger partial charge is 0.338 e. The Morgan fingerprint density at radius 1 is 1.00 bits per heavy atom. The van der Waals surface area contributed by atoms with Gasteiger partial charge in [0.25, 0.3) is 5.91 Å². The van der Waals surface area contributed by atoms with Crippen LogP contribution in [0, 0.1) is 11.3 Å². The average molecular weight is 402 g/mol. The van der Waals surface area contributed by atoms with E-state index < -0.39 is 23.4 Å². The number of rotatable bonds is 8. The molecule has 156 valence electrons. The van der Waals surface area contributed by atoms with E-state index in [2.05, 4.69) is 11.4 Å². The van der Waals surface area contributed by atoms with Gasteiger partial charge in [-0.3, -0.25) is 4.79 Å². The van der Waals surface area contributed by atoms with Crippen LogP contribution in [-0.2, 0) is 14.3 Å². The average Bonchev–Trinajstić information content (AvgIpc) is 2.73. The Kier molecular flexibility index (Phi) is 8.01. The number of ether oxygens (including phenoxy) is 3. The molecule has 0 unspecified atom stereocenters. The Morgan fingerprint density at radius 3 is 2.03 bits per heavy atom. The van der Waals surface area contributed by atoms with Crippen LogP contribution in [0.2, 0.25) is 0 Å². The number of benzene rings is 1. The van der Waals surface area contributed by atoms with Crippen LogP contribution in [0.15, 0.2) is 18.2 Å². The molecule has 1 aromatic carbocycles. The van der Waals surface area contributed by atoms with Crippen molar-refractivity contribution in [3.8, 4) is 11.8 Å². The summed E-state index contributed by atoms with van der Waals surface area (Å²) in [6.07, 6.45) is 4.05. The molecule has 0 atom stereocenters. The van der Waals surface area contributed by atoms with Gasteiger partial charge in [0.2, 0.25) is 0 Å². The lowest BCUT2D eigenvalue weighted by Crippen LogP contribution is -2.50. The largest absolute Gasteiger partial charge is 0.484 e. The fourth-order valence-corrected chi connectivity index (χ4v) is 3.22. The van der Waals surface area contributed by atoms with Gasteiger partial charge in [0.1, 0.15) is 11.3 Å². The van der Waals surface area contributed by atoms with Crippen LogP contribution in [-0.4, -0.2) is 43.2 Å². The maximum Gasteiger partial charge on any atom is 0.338 e.